The van der Waals surface area contributed by atoms with E-state index in [2.05, 4.69) is 12.2 Å². The molecule has 0 saturated heterocycles. The van der Waals surface area contributed by atoms with Gasteiger partial charge < -0.3 is 10.4 Å². The highest BCUT2D eigenvalue weighted by Gasteiger charge is 2.27. The highest BCUT2D eigenvalue weighted by Crippen LogP contribution is 2.27. The summed E-state index contributed by atoms with van der Waals surface area (Å²) in [5.74, 6) is 0.146. The van der Waals surface area contributed by atoms with E-state index in [0.717, 1.165) is 25.7 Å². The second kappa shape index (κ2) is 6.11. The summed E-state index contributed by atoms with van der Waals surface area (Å²) in [4.78, 5) is 11.6. The fourth-order valence-corrected chi connectivity index (χ4v) is 2.25. The van der Waals surface area contributed by atoms with E-state index in [1.54, 1.807) is 0 Å². The number of aliphatic hydroxyl groups is 1. The largest absolute Gasteiger partial charge is 0.396 e. The molecular formula is C12H23NO2. The van der Waals surface area contributed by atoms with Crippen molar-refractivity contribution in [3.63, 3.8) is 0 Å². The molecule has 0 aromatic rings. The van der Waals surface area contributed by atoms with E-state index >= 15 is 0 Å². The number of carbonyl (C=O) groups excluding carboxylic acids is 1. The topological polar surface area (TPSA) is 49.3 Å². The molecule has 0 unspecified atom stereocenters. The van der Waals surface area contributed by atoms with Crippen molar-refractivity contribution in [1.29, 1.82) is 0 Å². The lowest BCUT2D eigenvalue weighted by Crippen LogP contribution is -2.47. The molecular weight excluding hydrogens is 190 g/mol. The lowest BCUT2D eigenvalue weighted by Gasteiger charge is -2.34. The Morgan fingerprint density at radius 3 is 2.53 bits per heavy atom. The van der Waals surface area contributed by atoms with E-state index in [1.807, 2.05) is 0 Å². The van der Waals surface area contributed by atoms with Crippen LogP contribution in [0, 0.1) is 0 Å². The van der Waals surface area contributed by atoms with Gasteiger partial charge in [-0.15, -0.1) is 0 Å². The second-order valence-electron chi connectivity index (χ2n) is 4.85. The molecule has 1 saturated carbocycles. The predicted molar refractivity (Wildman–Crippen MR) is 60.6 cm³/mol. The van der Waals surface area contributed by atoms with Crippen LogP contribution in [-0.2, 0) is 4.79 Å². The normalized spacial score (nSPS) is 19.9. The summed E-state index contributed by atoms with van der Waals surface area (Å²) in [6.45, 7) is 2.33. The maximum Gasteiger partial charge on any atom is 0.220 e. The summed E-state index contributed by atoms with van der Waals surface area (Å²) in [5, 5.41) is 11.8. The van der Waals surface area contributed by atoms with Gasteiger partial charge >= 0.3 is 0 Å². The minimum atomic E-state index is 0.0363. The maximum absolute atomic E-state index is 11.6. The first kappa shape index (κ1) is 12.5. The third-order valence-electron chi connectivity index (χ3n) is 3.21. The van der Waals surface area contributed by atoms with Gasteiger partial charge in [0.05, 0.1) is 0 Å². The van der Waals surface area contributed by atoms with Gasteiger partial charge in [-0.1, -0.05) is 19.3 Å². The van der Waals surface area contributed by atoms with Gasteiger partial charge in [-0.2, -0.15) is 0 Å². The van der Waals surface area contributed by atoms with E-state index in [-0.39, 0.29) is 18.1 Å². The van der Waals surface area contributed by atoms with Crippen LogP contribution in [0.15, 0.2) is 0 Å². The lowest BCUT2D eigenvalue weighted by molar-refractivity contribution is -0.123. The van der Waals surface area contributed by atoms with E-state index in [1.165, 1.54) is 19.3 Å². The van der Waals surface area contributed by atoms with Gasteiger partial charge in [0.1, 0.15) is 0 Å². The Hall–Kier alpha value is -0.570. The van der Waals surface area contributed by atoms with Crippen molar-refractivity contribution >= 4 is 5.91 Å². The zero-order valence-corrected chi connectivity index (χ0v) is 9.72. The molecule has 88 valence electrons. The van der Waals surface area contributed by atoms with E-state index in [9.17, 15) is 4.79 Å². The average Bonchev–Trinajstić information content (AvgIpc) is 2.18. The molecule has 1 rings (SSSR count). The van der Waals surface area contributed by atoms with Gasteiger partial charge in [-0.05, 0) is 32.6 Å². The van der Waals surface area contributed by atoms with E-state index in [4.69, 9.17) is 5.11 Å². The van der Waals surface area contributed by atoms with Crippen LogP contribution in [0.2, 0.25) is 0 Å². The lowest BCUT2D eigenvalue weighted by atomic mass is 9.83. The molecule has 0 aromatic heterocycles. The van der Waals surface area contributed by atoms with Crippen LogP contribution >= 0.6 is 0 Å². The van der Waals surface area contributed by atoms with Crippen LogP contribution in [0.25, 0.3) is 0 Å². The Morgan fingerprint density at radius 2 is 1.93 bits per heavy atom. The standard InChI is InChI=1S/C12H23NO2/c1-12(8-4-2-5-9-12)13-11(15)7-3-6-10-14/h14H,2-10H2,1H3,(H,13,15). The summed E-state index contributed by atoms with van der Waals surface area (Å²) >= 11 is 0. The van der Waals surface area contributed by atoms with Crippen molar-refractivity contribution in [2.45, 2.75) is 63.8 Å². The smallest absolute Gasteiger partial charge is 0.220 e. The first-order chi connectivity index (χ1) is 7.16. The van der Waals surface area contributed by atoms with E-state index < -0.39 is 0 Å². The average molecular weight is 213 g/mol. The van der Waals surface area contributed by atoms with Crippen molar-refractivity contribution in [2.75, 3.05) is 6.61 Å². The summed E-state index contributed by atoms with van der Waals surface area (Å²) in [5.41, 5.74) is 0.0363. The van der Waals surface area contributed by atoms with Gasteiger partial charge in [0.2, 0.25) is 5.91 Å². The quantitative estimate of drug-likeness (QED) is 0.686. The van der Waals surface area contributed by atoms with Crippen molar-refractivity contribution in [1.82, 2.24) is 5.32 Å². The monoisotopic (exact) mass is 213 g/mol. The summed E-state index contributed by atoms with van der Waals surface area (Å²) in [6.07, 6.45) is 8.05. The first-order valence-corrected chi connectivity index (χ1v) is 6.08. The number of aliphatic hydroxyl groups excluding tert-OH is 1. The van der Waals surface area contributed by atoms with Gasteiger partial charge in [-0.25, -0.2) is 0 Å². The SMILES string of the molecule is CC1(NC(=O)CCCCO)CCCCC1. The van der Waals surface area contributed by atoms with Crippen LogP contribution < -0.4 is 5.32 Å². The van der Waals surface area contributed by atoms with Crippen LogP contribution in [0.5, 0.6) is 0 Å². The Balaban J connectivity index is 2.23. The second-order valence-corrected chi connectivity index (χ2v) is 4.85. The Labute approximate surface area is 92.3 Å². The molecule has 0 aliphatic heterocycles. The van der Waals surface area contributed by atoms with Crippen LogP contribution in [0.3, 0.4) is 0 Å². The first-order valence-electron chi connectivity index (χ1n) is 6.08. The predicted octanol–water partition coefficient (Wildman–Crippen LogP) is 1.99. The number of hydrogen-bond donors (Lipinski definition) is 2. The number of rotatable bonds is 5. The summed E-state index contributed by atoms with van der Waals surface area (Å²) < 4.78 is 0. The Morgan fingerprint density at radius 1 is 1.27 bits per heavy atom. The molecule has 15 heavy (non-hydrogen) atoms. The van der Waals surface area contributed by atoms with Crippen molar-refractivity contribution in [3.05, 3.63) is 0 Å². The molecule has 0 heterocycles. The van der Waals surface area contributed by atoms with Crippen LogP contribution in [0.1, 0.15) is 58.3 Å². The van der Waals surface area contributed by atoms with E-state index in [0.29, 0.717) is 6.42 Å². The van der Waals surface area contributed by atoms with Gasteiger partial charge in [-0.3, -0.25) is 4.79 Å². The number of unbranched alkanes of at least 4 members (excludes halogenated alkanes) is 1. The number of hydrogen-bond acceptors (Lipinski definition) is 2. The number of amides is 1. The fraction of sp³-hybridized carbons (Fsp3) is 0.917. The molecule has 2 N–H and O–H groups in total. The third kappa shape index (κ3) is 4.65. The fourth-order valence-electron chi connectivity index (χ4n) is 2.25. The molecule has 1 amide bonds. The highest BCUT2D eigenvalue weighted by molar-refractivity contribution is 5.76. The molecule has 0 radical (unpaired) electrons. The molecule has 0 atom stereocenters. The zero-order chi connectivity index (χ0) is 11.1. The minimum absolute atomic E-state index is 0.0363. The molecule has 1 aliphatic rings. The van der Waals surface area contributed by atoms with Crippen molar-refractivity contribution in [2.24, 2.45) is 0 Å². The molecule has 1 aliphatic carbocycles. The van der Waals surface area contributed by atoms with Crippen molar-refractivity contribution < 1.29 is 9.90 Å². The Kier molecular flexibility index (Phi) is 5.09. The van der Waals surface area contributed by atoms with Crippen LogP contribution in [-0.4, -0.2) is 23.2 Å². The van der Waals surface area contributed by atoms with Crippen molar-refractivity contribution in [3.8, 4) is 0 Å². The zero-order valence-electron chi connectivity index (χ0n) is 9.72. The number of nitrogens with one attached hydrogen (secondary N) is 1. The molecule has 0 aromatic carbocycles. The minimum Gasteiger partial charge on any atom is -0.396 e. The summed E-state index contributed by atoms with van der Waals surface area (Å²) in [6, 6.07) is 0. The highest BCUT2D eigenvalue weighted by atomic mass is 16.2. The van der Waals surface area contributed by atoms with Gasteiger partial charge in [0, 0.05) is 18.6 Å². The van der Waals surface area contributed by atoms with Gasteiger partial charge in [0.25, 0.3) is 0 Å². The molecule has 0 bridgehead atoms. The number of carbonyl (C=O) groups is 1. The molecule has 3 nitrogen and oxygen atoms in total. The molecule has 1 fully saturated rings. The Bertz CT molecular complexity index is 198. The maximum atomic E-state index is 11.6. The third-order valence-corrected chi connectivity index (χ3v) is 3.21. The van der Waals surface area contributed by atoms with Crippen LogP contribution in [0.4, 0.5) is 0 Å². The molecule has 3 heteroatoms. The van der Waals surface area contributed by atoms with Gasteiger partial charge in [0.15, 0.2) is 0 Å². The summed E-state index contributed by atoms with van der Waals surface area (Å²) in [7, 11) is 0. The molecule has 0 spiro atoms.